The summed E-state index contributed by atoms with van der Waals surface area (Å²) in [5, 5.41) is 9.81. The highest BCUT2D eigenvalue weighted by atomic mass is 31.2. The van der Waals surface area contributed by atoms with E-state index in [0.717, 1.165) is 154 Å². The van der Waals surface area contributed by atoms with Crippen molar-refractivity contribution in [1.29, 1.82) is 0 Å². The summed E-state index contributed by atoms with van der Waals surface area (Å²) in [6.45, 7) is 4.21. The van der Waals surface area contributed by atoms with Gasteiger partial charge in [-0.05, 0) is 122 Å². The number of ether oxygens (including phenoxy) is 3. The fourth-order valence-electron chi connectivity index (χ4n) is 7.14. The lowest BCUT2D eigenvalue weighted by Crippen LogP contribution is -2.30. The van der Waals surface area contributed by atoms with Gasteiger partial charge in [-0.25, -0.2) is 4.57 Å². The summed E-state index contributed by atoms with van der Waals surface area (Å²) in [6, 6.07) is 0. The molecule has 0 rings (SSSR count). The third-order valence-corrected chi connectivity index (χ3v) is 12.3. The second-order valence-electron chi connectivity index (χ2n) is 18.3. The van der Waals surface area contributed by atoms with Crippen LogP contribution in [0.5, 0.6) is 0 Å². The first-order valence-corrected chi connectivity index (χ1v) is 29.9. The van der Waals surface area contributed by atoms with Gasteiger partial charge in [0.15, 0.2) is 6.10 Å². The molecule has 0 spiro atoms. The van der Waals surface area contributed by atoms with E-state index < -0.39 is 57.8 Å². The van der Waals surface area contributed by atoms with Gasteiger partial charge < -0.3 is 24.2 Å². The minimum atomic E-state index is -4.77. The minimum Gasteiger partial charge on any atom is -0.462 e. The molecule has 11 nitrogen and oxygen atoms in total. The molecule has 0 aromatic heterocycles. The van der Waals surface area contributed by atoms with Crippen molar-refractivity contribution in [3.63, 3.8) is 0 Å². The third-order valence-electron chi connectivity index (χ3n) is 11.4. The number of unbranched alkanes of at least 4 members (excludes halogenated alkanes) is 14. The quantitative estimate of drug-likeness (QED) is 0.0197. The Hall–Kier alpha value is -4.12. The van der Waals surface area contributed by atoms with Gasteiger partial charge in [-0.2, -0.15) is 0 Å². The van der Waals surface area contributed by atoms with Crippen molar-refractivity contribution in [2.24, 2.45) is 0 Å². The summed E-state index contributed by atoms with van der Waals surface area (Å²) in [6.07, 6.45) is 67.3. The molecule has 3 atom stereocenters. The number of phosphoric ester groups is 1. The summed E-state index contributed by atoms with van der Waals surface area (Å²) < 4.78 is 39.5. The van der Waals surface area contributed by atoms with Crippen molar-refractivity contribution in [3.8, 4) is 0 Å². The minimum absolute atomic E-state index is 0.139. The van der Waals surface area contributed by atoms with Gasteiger partial charge in [-0.15, -0.1) is 0 Å². The summed E-state index contributed by atoms with van der Waals surface area (Å²) in [7, 11) is -4.77. The Balaban J connectivity index is 4.82. The van der Waals surface area contributed by atoms with E-state index in [9.17, 15) is 28.9 Å². The van der Waals surface area contributed by atoms with Crippen LogP contribution in [0.25, 0.3) is 0 Å². The molecule has 0 saturated carbocycles. The van der Waals surface area contributed by atoms with Gasteiger partial charge in [-0.3, -0.25) is 23.4 Å². The summed E-state index contributed by atoms with van der Waals surface area (Å²) in [4.78, 5) is 48.5. The monoisotopic (exact) mass is 1050 g/mol. The number of esters is 3. The zero-order valence-electron chi connectivity index (χ0n) is 46.3. The maximum atomic E-state index is 12.9. The average Bonchev–Trinajstić information content (AvgIpc) is 3.39. The highest BCUT2D eigenvalue weighted by molar-refractivity contribution is 7.47. The van der Waals surface area contributed by atoms with Crippen LogP contribution >= 0.6 is 7.82 Å². The molecule has 0 bridgehead atoms. The van der Waals surface area contributed by atoms with Crippen molar-refractivity contribution in [2.45, 2.75) is 226 Å². The molecular formula is C62H101O11P. The van der Waals surface area contributed by atoms with Gasteiger partial charge in [-0.1, -0.05) is 194 Å². The van der Waals surface area contributed by atoms with E-state index in [-0.39, 0.29) is 25.9 Å². The SMILES string of the molecule is CC/C=C\C/C=C\C/C=C\C/C=C\CCCCC(=O)OCC(COP(=O)(O)OCC(CO)OC(=O)CCCCCCC/C=C\C/C=C\C/C=C\CC)OC(=O)CCCCCCCCC/C=C\C/C=C\C/C=C\CC. The molecule has 0 heterocycles. The van der Waals surface area contributed by atoms with Gasteiger partial charge in [0.05, 0.1) is 19.8 Å². The van der Waals surface area contributed by atoms with Crippen LogP contribution in [-0.4, -0.2) is 66.5 Å². The highest BCUT2D eigenvalue weighted by Gasteiger charge is 2.28. The second-order valence-corrected chi connectivity index (χ2v) is 19.8. The zero-order valence-corrected chi connectivity index (χ0v) is 47.2. The summed E-state index contributed by atoms with van der Waals surface area (Å²) in [5.41, 5.74) is 0. The van der Waals surface area contributed by atoms with Crippen LogP contribution in [0.1, 0.15) is 213 Å². The van der Waals surface area contributed by atoms with Gasteiger partial charge in [0, 0.05) is 19.3 Å². The maximum Gasteiger partial charge on any atom is 0.472 e. The number of rotatable bonds is 51. The van der Waals surface area contributed by atoms with Crippen LogP contribution in [-0.2, 0) is 42.2 Å². The molecule has 0 radical (unpaired) electrons. The van der Waals surface area contributed by atoms with E-state index in [1.165, 1.54) is 0 Å². The fourth-order valence-corrected chi connectivity index (χ4v) is 7.92. The molecule has 0 aliphatic rings. The third kappa shape index (κ3) is 52.7. The molecule has 0 amide bonds. The molecule has 0 fully saturated rings. The lowest BCUT2D eigenvalue weighted by Gasteiger charge is -2.21. The van der Waals surface area contributed by atoms with Crippen LogP contribution in [0.15, 0.2) is 122 Å². The second kappa shape index (κ2) is 55.1. The van der Waals surface area contributed by atoms with E-state index in [1.807, 2.05) is 0 Å². The van der Waals surface area contributed by atoms with Crippen molar-refractivity contribution < 1.29 is 52.2 Å². The summed E-state index contributed by atoms with van der Waals surface area (Å²) in [5.74, 6) is -1.56. The Morgan fingerprint density at radius 1 is 0.378 bits per heavy atom. The standard InChI is InChI=1S/C62H101O11P/c1-4-7-10-13-16-19-22-25-28-29-32-35-38-41-44-47-50-53-62(66)73-59(55-69-60(64)51-48-45-42-39-36-33-30-26-23-20-17-14-11-8-5-2)57-71-74(67,68)70-56-58(54-63)72-61(65)52-49-46-43-40-37-34-31-27-24-21-18-15-12-9-6-3/h7-12,16-21,25-28,30-31,36,39,58-59,63H,4-6,13-15,22-24,29,32-35,37-38,40-57H2,1-3H3,(H,67,68)/b10-7-,11-8-,12-9-,19-16-,20-17-,21-18-,28-25-,30-26-,31-27-,39-36-. The van der Waals surface area contributed by atoms with E-state index in [4.69, 9.17) is 23.3 Å². The van der Waals surface area contributed by atoms with Gasteiger partial charge in [0.25, 0.3) is 0 Å². The zero-order chi connectivity index (χ0) is 54.1. The number of aliphatic hydroxyl groups excluding tert-OH is 1. The van der Waals surface area contributed by atoms with Crippen molar-refractivity contribution in [3.05, 3.63) is 122 Å². The molecule has 3 unspecified atom stereocenters. The van der Waals surface area contributed by atoms with E-state index in [0.29, 0.717) is 19.3 Å². The molecule has 2 N–H and O–H groups in total. The molecule has 74 heavy (non-hydrogen) atoms. The van der Waals surface area contributed by atoms with Gasteiger partial charge in [0.2, 0.25) is 0 Å². The smallest absolute Gasteiger partial charge is 0.462 e. The fraction of sp³-hybridized carbons (Fsp3) is 0.629. The normalized spacial score (nSPS) is 14.3. The van der Waals surface area contributed by atoms with Crippen molar-refractivity contribution >= 4 is 25.7 Å². The van der Waals surface area contributed by atoms with Crippen molar-refractivity contribution in [1.82, 2.24) is 0 Å². The molecule has 0 aliphatic carbocycles. The number of hydrogen-bond donors (Lipinski definition) is 2. The van der Waals surface area contributed by atoms with Crippen LogP contribution in [0.3, 0.4) is 0 Å². The number of allylic oxidation sites excluding steroid dienone is 20. The molecule has 0 aromatic rings. The predicted octanol–water partition coefficient (Wildman–Crippen LogP) is 16.8. The maximum absolute atomic E-state index is 12.9. The lowest BCUT2D eigenvalue weighted by atomic mass is 10.1. The molecule has 0 aliphatic heterocycles. The first kappa shape index (κ1) is 69.9. The van der Waals surface area contributed by atoms with E-state index >= 15 is 0 Å². The number of phosphoric acid groups is 1. The van der Waals surface area contributed by atoms with Crippen LogP contribution in [0.4, 0.5) is 0 Å². The van der Waals surface area contributed by atoms with Gasteiger partial charge >= 0.3 is 25.7 Å². The van der Waals surface area contributed by atoms with Crippen LogP contribution in [0, 0.1) is 0 Å². The van der Waals surface area contributed by atoms with Crippen molar-refractivity contribution in [2.75, 3.05) is 26.4 Å². The molecule has 12 heteroatoms. The molecule has 0 aromatic carbocycles. The number of carbonyl (C=O) groups is 3. The van der Waals surface area contributed by atoms with Gasteiger partial charge in [0.1, 0.15) is 12.7 Å². The molecular weight excluding hydrogens is 952 g/mol. The van der Waals surface area contributed by atoms with Crippen LogP contribution < -0.4 is 0 Å². The Morgan fingerprint density at radius 3 is 1.04 bits per heavy atom. The summed E-state index contributed by atoms with van der Waals surface area (Å²) >= 11 is 0. The first-order chi connectivity index (χ1) is 36.2. The topological polar surface area (TPSA) is 155 Å². The Kier molecular flexibility index (Phi) is 52.1. The molecule has 420 valence electrons. The first-order valence-electron chi connectivity index (χ1n) is 28.4. The largest absolute Gasteiger partial charge is 0.472 e. The number of carbonyl (C=O) groups excluding carboxylic acids is 3. The Bertz CT molecular complexity index is 1700. The Labute approximate surface area is 449 Å². The number of aliphatic hydroxyl groups is 1. The predicted molar refractivity (Wildman–Crippen MR) is 306 cm³/mol. The molecule has 0 saturated heterocycles. The Morgan fingerprint density at radius 2 is 0.662 bits per heavy atom. The highest BCUT2D eigenvalue weighted by Crippen LogP contribution is 2.43. The number of hydrogen-bond acceptors (Lipinski definition) is 10. The lowest BCUT2D eigenvalue weighted by molar-refractivity contribution is -0.161. The van der Waals surface area contributed by atoms with E-state index in [1.54, 1.807) is 0 Å². The average molecular weight is 1050 g/mol. The van der Waals surface area contributed by atoms with Crippen LogP contribution in [0.2, 0.25) is 0 Å². The van der Waals surface area contributed by atoms with E-state index in [2.05, 4.69) is 142 Å².